The normalized spacial score (nSPS) is 12.0. The first kappa shape index (κ1) is 60.4. The molecule has 1 atom stereocenters. The summed E-state index contributed by atoms with van der Waals surface area (Å²) in [6.07, 6.45) is 50.9. The van der Waals surface area contributed by atoms with Gasteiger partial charge in [-0.3, -0.25) is 14.4 Å². The molecule has 6 heteroatoms. The molecule has 0 rings (SSSR count). The smallest absolute Gasteiger partial charge is 0.306 e. The highest BCUT2D eigenvalue weighted by atomic mass is 16.6. The van der Waals surface area contributed by atoms with Crippen LogP contribution in [0.1, 0.15) is 311 Å². The molecule has 0 spiro atoms. The lowest BCUT2D eigenvalue weighted by Gasteiger charge is -2.18. The van der Waals surface area contributed by atoms with Crippen molar-refractivity contribution in [3.05, 3.63) is 0 Å². The van der Waals surface area contributed by atoms with Gasteiger partial charge in [0.1, 0.15) is 13.2 Å². The van der Waals surface area contributed by atoms with Crippen molar-refractivity contribution in [3.63, 3.8) is 0 Å². The quantitative estimate of drug-likeness (QED) is 0.0344. The van der Waals surface area contributed by atoms with E-state index >= 15 is 0 Å². The maximum absolute atomic E-state index is 12.8. The fourth-order valence-electron chi connectivity index (χ4n) is 8.52. The third-order valence-electron chi connectivity index (χ3n) is 12.7. The second-order valence-electron chi connectivity index (χ2n) is 20.2. The highest BCUT2D eigenvalue weighted by molar-refractivity contribution is 5.71. The van der Waals surface area contributed by atoms with Crippen LogP contribution in [0.15, 0.2) is 0 Å². The van der Waals surface area contributed by atoms with E-state index in [2.05, 4.69) is 34.6 Å². The lowest BCUT2D eigenvalue weighted by Crippen LogP contribution is -2.30. The summed E-state index contributed by atoms with van der Waals surface area (Å²) in [6.45, 7) is 11.4. The lowest BCUT2D eigenvalue weighted by molar-refractivity contribution is -0.167. The molecule has 0 fully saturated rings. The van der Waals surface area contributed by atoms with Crippen molar-refractivity contribution in [2.75, 3.05) is 13.2 Å². The maximum Gasteiger partial charge on any atom is 0.306 e. The first-order chi connectivity index (χ1) is 30.2. The zero-order chi connectivity index (χ0) is 45.4. The Bertz CT molecular complexity index is 947. The Balaban J connectivity index is 4.25. The molecule has 0 saturated heterocycles. The van der Waals surface area contributed by atoms with Gasteiger partial charge in [0.15, 0.2) is 6.10 Å². The van der Waals surface area contributed by atoms with Crippen LogP contribution in [0.2, 0.25) is 0 Å². The Morgan fingerprint density at radius 3 is 0.790 bits per heavy atom. The molecule has 0 aromatic rings. The van der Waals surface area contributed by atoms with Crippen LogP contribution in [0, 0.1) is 11.8 Å². The molecule has 0 aliphatic heterocycles. The minimum absolute atomic E-state index is 0.0630. The summed E-state index contributed by atoms with van der Waals surface area (Å²) in [7, 11) is 0. The third-order valence-corrected chi connectivity index (χ3v) is 12.7. The van der Waals surface area contributed by atoms with Crippen molar-refractivity contribution in [1.82, 2.24) is 0 Å². The summed E-state index contributed by atoms with van der Waals surface area (Å²) in [4.78, 5) is 38.0. The topological polar surface area (TPSA) is 78.9 Å². The first-order valence-electron chi connectivity index (χ1n) is 27.7. The minimum atomic E-state index is -0.762. The van der Waals surface area contributed by atoms with E-state index in [0.717, 1.165) is 69.6 Å². The van der Waals surface area contributed by atoms with E-state index in [1.165, 1.54) is 199 Å². The molecule has 0 aromatic heterocycles. The van der Waals surface area contributed by atoms with Crippen LogP contribution in [0.25, 0.3) is 0 Å². The van der Waals surface area contributed by atoms with Gasteiger partial charge in [-0.1, -0.05) is 272 Å². The van der Waals surface area contributed by atoms with Gasteiger partial charge in [-0.05, 0) is 31.1 Å². The van der Waals surface area contributed by atoms with Gasteiger partial charge in [-0.15, -0.1) is 0 Å². The lowest BCUT2D eigenvalue weighted by atomic mass is 10.0. The Labute approximate surface area is 387 Å². The summed E-state index contributed by atoms with van der Waals surface area (Å²) < 4.78 is 16.8. The van der Waals surface area contributed by atoms with Gasteiger partial charge in [0.2, 0.25) is 0 Å². The number of esters is 3. The fraction of sp³-hybridized carbons (Fsp3) is 0.946. The summed E-state index contributed by atoms with van der Waals surface area (Å²) in [5.41, 5.74) is 0. The van der Waals surface area contributed by atoms with Gasteiger partial charge in [-0.2, -0.15) is 0 Å². The van der Waals surface area contributed by atoms with Crippen molar-refractivity contribution in [2.24, 2.45) is 11.8 Å². The van der Waals surface area contributed by atoms with Gasteiger partial charge < -0.3 is 14.2 Å². The molecular formula is C56H108O6. The number of carbonyl (C=O) groups is 3. The highest BCUT2D eigenvalue weighted by Crippen LogP contribution is 2.18. The molecule has 0 radical (unpaired) electrons. The molecule has 6 nitrogen and oxygen atoms in total. The van der Waals surface area contributed by atoms with Crippen LogP contribution >= 0.6 is 0 Å². The van der Waals surface area contributed by atoms with Crippen molar-refractivity contribution < 1.29 is 28.6 Å². The Hall–Kier alpha value is -1.59. The predicted octanol–water partition coefficient (Wildman–Crippen LogP) is 18.1. The molecule has 0 aromatic carbocycles. The zero-order valence-electron chi connectivity index (χ0n) is 42.5. The number of carbonyl (C=O) groups excluding carboxylic acids is 3. The predicted molar refractivity (Wildman–Crippen MR) is 266 cm³/mol. The Morgan fingerprint density at radius 2 is 0.532 bits per heavy atom. The maximum atomic E-state index is 12.8. The van der Waals surface area contributed by atoms with Crippen molar-refractivity contribution in [2.45, 2.75) is 317 Å². The van der Waals surface area contributed by atoms with Crippen LogP contribution in [0.3, 0.4) is 0 Å². The molecule has 0 heterocycles. The van der Waals surface area contributed by atoms with Gasteiger partial charge in [-0.25, -0.2) is 0 Å². The SMILES string of the molecule is CCCCCCCCCCCCCCC(=O)O[C@@H](COC(=O)CCCCCCCCCCCCCCCCCCC(C)C)COC(=O)CCCCCCCCCCCCC(C)C. The average Bonchev–Trinajstić information content (AvgIpc) is 3.24. The Kier molecular flexibility index (Phi) is 47.6. The number of rotatable bonds is 50. The van der Waals surface area contributed by atoms with Crippen molar-refractivity contribution >= 4 is 17.9 Å². The molecule has 0 unspecified atom stereocenters. The Morgan fingerprint density at radius 1 is 0.306 bits per heavy atom. The zero-order valence-corrected chi connectivity index (χ0v) is 42.5. The van der Waals surface area contributed by atoms with Crippen LogP contribution < -0.4 is 0 Å². The highest BCUT2D eigenvalue weighted by Gasteiger charge is 2.19. The van der Waals surface area contributed by atoms with Gasteiger partial charge in [0, 0.05) is 19.3 Å². The number of hydrogen-bond acceptors (Lipinski definition) is 6. The number of unbranched alkanes of at least 4 members (excludes halogenated alkanes) is 35. The standard InChI is InChI=1S/C56H108O6/c1-6-7-8-9-10-11-12-20-28-33-38-43-48-56(59)62-53(50-61-55(58)47-42-37-32-27-23-22-25-30-35-40-45-52(4)5)49-60-54(57)46-41-36-31-26-21-18-16-14-13-15-17-19-24-29-34-39-44-51(2)3/h51-53H,6-50H2,1-5H3/t53-/m0/s1. The largest absolute Gasteiger partial charge is 0.462 e. The first-order valence-corrected chi connectivity index (χ1v) is 27.7. The van der Waals surface area contributed by atoms with Crippen LogP contribution in [-0.2, 0) is 28.6 Å². The van der Waals surface area contributed by atoms with Gasteiger partial charge >= 0.3 is 17.9 Å². The van der Waals surface area contributed by atoms with E-state index in [-0.39, 0.29) is 31.1 Å². The van der Waals surface area contributed by atoms with Gasteiger partial charge in [0.05, 0.1) is 0 Å². The van der Waals surface area contributed by atoms with E-state index in [1.807, 2.05) is 0 Å². The average molecular weight is 877 g/mol. The molecule has 0 bridgehead atoms. The molecule has 0 saturated carbocycles. The van der Waals surface area contributed by atoms with E-state index in [1.54, 1.807) is 0 Å². The van der Waals surface area contributed by atoms with Crippen LogP contribution in [-0.4, -0.2) is 37.2 Å². The molecule has 0 aliphatic rings. The van der Waals surface area contributed by atoms with Crippen molar-refractivity contribution in [3.8, 4) is 0 Å². The molecule has 0 amide bonds. The number of ether oxygens (including phenoxy) is 3. The summed E-state index contributed by atoms with van der Waals surface area (Å²) in [5, 5.41) is 0. The second kappa shape index (κ2) is 48.9. The summed E-state index contributed by atoms with van der Waals surface area (Å²) in [6, 6.07) is 0. The molecular weight excluding hydrogens is 769 g/mol. The van der Waals surface area contributed by atoms with Crippen LogP contribution in [0.5, 0.6) is 0 Å². The monoisotopic (exact) mass is 877 g/mol. The molecule has 0 N–H and O–H groups in total. The minimum Gasteiger partial charge on any atom is -0.462 e. The van der Waals surface area contributed by atoms with Crippen molar-refractivity contribution in [1.29, 1.82) is 0 Å². The molecule has 368 valence electrons. The van der Waals surface area contributed by atoms with E-state index in [0.29, 0.717) is 19.3 Å². The number of hydrogen-bond donors (Lipinski definition) is 0. The van der Waals surface area contributed by atoms with E-state index < -0.39 is 6.10 Å². The van der Waals surface area contributed by atoms with E-state index in [9.17, 15) is 14.4 Å². The molecule has 62 heavy (non-hydrogen) atoms. The summed E-state index contributed by atoms with van der Waals surface area (Å²) in [5.74, 6) is 0.828. The summed E-state index contributed by atoms with van der Waals surface area (Å²) >= 11 is 0. The van der Waals surface area contributed by atoms with E-state index in [4.69, 9.17) is 14.2 Å². The third kappa shape index (κ3) is 49.4. The van der Waals surface area contributed by atoms with Gasteiger partial charge in [0.25, 0.3) is 0 Å². The molecule has 0 aliphatic carbocycles. The van der Waals surface area contributed by atoms with Crippen LogP contribution in [0.4, 0.5) is 0 Å². The fourth-order valence-corrected chi connectivity index (χ4v) is 8.52. The second-order valence-corrected chi connectivity index (χ2v) is 20.2.